The summed E-state index contributed by atoms with van der Waals surface area (Å²) in [5.41, 5.74) is 0.455. The van der Waals surface area contributed by atoms with Crippen molar-refractivity contribution >= 4 is 27.8 Å². The Morgan fingerprint density at radius 3 is 2.61 bits per heavy atom. The lowest BCUT2D eigenvalue weighted by molar-refractivity contribution is -0.213. The molecule has 0 bridgehead atoms. The summed E-state index contributed by atoms with van der Waals surface area (Å²) in [6.45, 7) is 1.43. The number of rotatable bonds is 5. The summed E-state index contributed by atoms with van der Waals surface area (Å²) in [5, 5.41) is 3.27. The van der Waals surface area contributed by atoms with Crippen LogP contribution >= 0.6 is 15.9 Å². The first-order valence-electron chi connectivity index (χ1n) is 7.32. The Morgan fingerprint density at radius 1 is 1.35 bits per heavy atom. The van der Waals surface area contributed by atoms with Crippen molar-refractivity contribution in [2.45, 2.75) is 37.9 Å². The van der Waals surface area contributed by atoms with Gasteiger partial charge in [-0.15, -0.1) is 0 Å². The first-order chi connectivity index (χ1) is 11.0. The second-order valence-electron chi connectivity index (χ2n) is 5.27. The molecule has 0 aromatic heterocycles. The number of hydrogen-bond donors (Lipinski definition) is 1. The van der Waals surface area contributed by atoms with Gasteiger partial charge < -0.3 is 19.5 Å². The molecule has 23 heavy (non-hydrogen) atoms. The van der Waals surface area contributed by atoms with Crippen molar-refractivity contribution in [1.82, 2.24) is 5.32 Å². The van der Waals surface area contributed by atoms with Crippen molar-refractivity contribution in [2.24, 2.45) is 0 Å². The molecular formula is C16H20BrNO5. The summed E-state index contributed by atoms with van der Waals surface area (Å²) in [7, 11) is 1.54. The lowest BCUT2D eigenvalue weighted by atomic mass is 9.99. The van der Waals surface area contributed by atoms with Crippen LogP contribution in [-0.4, -0.2) is 48.9 Å². The van der Waals surface area contributed by atoms with E-state index in [0.29, 0.717) is 17.3 Å². The van der Waals surface area contributed by atoms with E-state index in [-0.39, 0.29) is 11.9 Å². The summed E-state index contributed by atoms with van der Waals surface area (Å²) >= 11 is 3.36. The van der Waals surface area contributed by atoms with Gasteiger partial charge in [0, 0.05) is 25.8 Å². The average Bonchev–Trinajstić information content (AvgIpc) is 2.56. The fourth-order valence-corrected chi connectivity index (χ4v) is 3.05. The number of carbonyl (C=O) groups excluding carboxylic acids is 2. The number of hydrogen-bond acceptors (Lipinski definition) is 5. The van der Waals surface area contributed by atoms with Gasteiger partial charge in [-0.2, -0.15) is 0 Å². The Hall–Kier alpha value is -1.44. The van der Waals surface area contributed by atoms with Crippen LogP contribution in [0.1, 0.15) is 23.7 Å². The molecule has 0 saturated carbocycles. The summed E-state index contributed by atoms with van der Waals surface area (Å²) in [6, 6.07) is 8.35. The van der Waals surface area contributed by atoms with E-state index in [1.54, 1.807) is 24.3 Å². The average molecular weight is 386 g/mol. The molecular weight excluding hydrogens is 366 g/mol. The number of amides is 1. The summed E-state index contributed by atoms with van der Waals surface area (Å²) in [4.78, 5) is 23.8. The van der Waals surface area contributed by atoms with Crippen LogP contribution in [0.4, 0.5) is 0 Å². The number of halogens is 1. The lowest BCUT2D eigenvalue weighted by Gasteiger charge is -2.40. The number of alkyl halides is 1. The molecule has 1 saturated heterocycles. The molecule has 1 aliphatic heterocycles. The zero-order valence-electron chi connectivity index (χ0n) is 13.0. The maximum Gasteiger partial charge on any atom is 0.338 e. The largest absolute Gasteiger partial charge is 0.454 e. The van der Waals surface area contributed by atoms with Crippen molar-refractivity contribution in [3.05, 3.63) is 35.9 Å². The predicted octanol–water partition coefficient (Wildman–Crippen LogP) is 1.87. The third kappa shape index (κ3) is 4.76. The molecule has 2 rings (SSSR count). The first kappa shape index (κ1) is 17.9. The van der Waals surface area contributed by atoms with Gasteiger partial charge in [0.2, 0.25) is 5.91 Å². The molecule has 126 valence electrons. The molecule has 1 heterocycles. The Bertz CT molecular complexity index is 539. The van der Waals surface area contributed by atoms with Gasteiger partial charge in [-0.1, -0.05) is 34.1 Å². The van der Waals surface area contributed by atoms with E-state index in [0.717, 1.165) is 0 Å². The molecule has 0 spiro atoms. The Labute approximate surface area is 143 Å². The second-order valence-corrected chi connectivity index (χ2v) is 5.92. The fourth-order valence-electron chi connectivity index (χ4n) is 2.53. The third-order valence-corrected chi connectivity index (χ3v) is 4.23. The van der Waals surface area contributed by atoms with Crippen LogP contribution in [0.2, 0.25) is 0 Å². The van der Waals surface area contributed by atoms with Crippen molar-refractivity contribution in [3.8, 4) is 0 Å². The van der Waals surface area contributed by atoms with Crippen LogP contribution < -0.4 is 5.32 Å². The van der Waals surface area contributed by atoms with Crippen molar-refractivity contribution in [1.29, 1.82) is 0 Å². The smallest absolute Gasteiger partial charge is 0.338 e. The standard InChI is InChI=1S/C16H20BrNO5/c1-10(19)18-12-8-14(21-2)22-13(9-17)15(12)23-16(20)11-6-4-3-5-7-11/h3-7,12-15H,8-9H2,1-2H3,(H,18,19)/t12-,13+,14-,15-/m0/s1. The van der Waals surface area contributed by atoms with E-state index >= 15 is 0 Å². The van der Waals surface area contributed by atoms with Crippen molar-refractivity contribution in [3.63, 3.8) is 0 Å². The van der Waals surface area contributed by atoms with Gasteiger partial charge >= 0.3 is 5.97 Å². The molecule has 1 fully saturated rings. The third-order valence-electron chi connectivity index (χ3n) is 3.59. The number of benzene rings is 1. The Kier molecular flexibility index (Phi) is 6.56. The van der Waals surface area contributed by atoms with Crippen LogP contribution in [0.3, 0.4) is 0 Å². The van der Waals surface area contributed by atoms with Crippen LogP contribution in [0.25, 0.3) is 0 Å². The molecule has 1 aromatic rings. The monoisotopic (exact) mass is 385 g/mol. The van der Waals surface area contributed by atoms with Gasteiger partial charge in [0.15, 0.2) is 6.29 Å². The van der Waals surface area contributed by atoms with Gasteiger partial charge in [-0.25, -0.2) is 4.79 Å². The summed E-state index contributed by atoms with van der Waals surface area (Å²) in [5.74, 6) is -0.641. The SMILES string of the molecule is CO[C@@H]1C[C@H](NC(C)=O)[C@H](OC(=O)c2ccccc2)[C@@H](CBr)O1. The van der Waals surface area contributed by atoms with Crippen LogP contribution in [-0.2, 0) is 19.0 Å². The maximum absolute atomic E-state index is 12.3. The second kappa shape index (κ2) is 8.42. The van der Waals surface area contributed by atoms with Gasteiger partial charge in [0.25, 0.3) is 0 Å². The highest BCUT2D eigenvalue weighted by molar-refractivity contribution is 9.09. The van der Waals surface area contributed by atoms with E-state index in [2.05, 4.69) is 21.2 Å². The van der Waals surface area contributed by atoms with E-state index in [4.69, 9.17) is 14.2 Å². The molecule has 0 aliphatic carbocycles. The van der Waals surface area contributed by atoms with Crippen molar-refractivity contribution in [2.75, 3.05) is 12.4 Å². The zero-order valence-corrected chi connectivity index (χ0v) is 14.6. The molecule has 7 heteroatoms. The predicted molar refractivity (Wildman–Crippen MR) is 87.3 cm³/mol. The Morgan fingerprint density at radius 2 is 2.04 bits per heavy atom. The number of nitrogens with one attached hydrogen (secondary N) is 1. The highest BCUT2D eigenvalue weighted by Gasteiger charge is 2.41. The topological polar surface area (TPSA) is 73.9 Å². The van der Waals surface area contributed by atoms with Gasteiger partial charge in [0.05, 0.1) is 11.6 Å². The quantitative estimate of drug-likeness (QED) is 0.618. The normalized spacial score (nSPS) is 27.3. The minimum absolute atomic E-state index is 0.194. The molecule has 0 unspecified atom stereocenters. The highest BCUT2D eigenvalue weighted by atomic mass is 79.9. The number of methoxy groups -OCH3 is 1. The molecule has 6 nitrogen and oxygen atoms in total. The Balaban J connectivity index is 2.16. The van der Waals surface area contributed by atoms with Crippen molar-refractivity contribution < 1.29 is 23.8 Å². The summed E-state index contributed by atoms with van der Waals surface area (Å²) in [6.07, 6.45) is -1.07. The van der Waals surface area contributed by atoms with E-state index in [1.165, 1.54) is 14.0 Å². The first-order valence-corrected chi connectivity index (χ1v) is 8.44. The number of esters is 1. The molecule has 0 radical (unpaired) electrons. The van der Waals surface area contributed by atoms with E-state index in [1.807, 2.05) is 6.07 Å². The number of carbonyl (C=O) groups is 2. The molecule has 1 N–H and O–H groups in total. The maximum atomic E-state index is 12.3. The molecule has 1 amide bonds. The molecule has 1 aliphatic rings. The number of ether oxygens (including phenoxy) is 3. The van der Waals surface area contributed by atoms with Crippen LogP contribution in [0, 0.1) is 0 Å². The molecule has 1 aromatic carbocycles. The zero-order chi connectivity index (χ0) is 16.8. The highest BCUT2D eigenvalue weighted by Crippen LogP contribution is 2.25. The lowest BCUT2D eigenvalue weighted by Crippen LogP contribution is -2.57. The van der Waals surface area contributed by atoms with E-state index in [9.17, 15) is 9.59 Å². The van der Waals surface area contributed by atoms with Gasteiger partial charge in [0.1, 0.15) is 12.2 Å². The minimum atomic E-state index is -0.600. The minimum Gasteiger partial charge on any atom is -0.454 e. The van der Waals surface area contributed by atoms with Crippen LogP contribution in [0.5, 0.6) is 0 Å². The fraction of sp³-hybridized carbons (Fsp3) is 0.500. The van der Waals surface area contributed by atoms with E-state index < -0.39 is 24.5 Å². The van der Waals surface area contributed by atoms with Gasteiger partial charge in [-0.05, 0) is 12.1 Å². The van der Waals surface area contributed by atoms with Crippen LogP contribution in [0.15, 0.2) is 30.3 Å². The van der Waals surface area contributed by atoms with Gasteiger partial charge in [-0.3, -0.25) is 4.79 Å². The molecule has 4 atom stereocenters. The summed E-state index contributed by atoms with van der Waals surface area (Å²) < 4.78 is 16.6.